The maximum atomic E-state index is 12.1. The molecular formula is C22H24N4O3S. The third-order valence-electron chi connectivity index (χ3n) is 5.27. The predicted molar refractivity (Wildman–Crippen MR) is 116 cm³/mol. The summed E-state index contributed by atoms with van der Waals surface area (Å²) in [4.78, 5) is 19.6. The number of benzene rings is 1. The zero-order valence-corrected chi connectivity index (χ0v) is 18.0. The van der Waals surface area contributed by atoms with Crippen molar-refractivity contribution in [1.82, 2.24) is 14.5 Å². The summed E-state index contributed by atoms with van der Waals surface area (Å²) in [5.41, 5.74) is 3.24. The van der Waals surface area contributed by atoms with Gasteiger partial charge in [-0.2, -0.15) is 5.26 Å². The Bertz CT molecular complexity index is 1110. The summed E-state index contributed by atoms with van der Waals surface area (Å²) in [5.74, 6) is -0.341. The summed E-state index contributed by atoms with van der Waals surface area (Å²) < 4.78 is 12.7. The van der Waals surface area contributed by atoms with Crippen LogP contribution in [-0.2, 0) is 16.0 Å². The molecular weight excluding hydrogens is 400 g/mol. The number of esters is 1. The van der Waals surface area contributed by atoms with E-state index in [0.29, 0.717) is 22.7 Å². The van der Waals surface area contributed by atoms with Crippen molar-refractivity contribution in [2.24, 2.45) is 0 Å². The maximum Gasteiger partial charge on any atom is 0.350 e. The van der Waals surface area contributed by atoms with E-state index >= 15 is 0 Å². The number of fused-ring (bicyclic) bond motifs is 1. The third kappa shape index (κ3) is 4.10. The smallest absolute Gasteiger partial charge is 0.350 e. The molecule has 30 heavy (non-hydrogen) atoms. The van der Waals surface area contributed by atoms with Gasteiger partial charge in [0.2, 0.25) is 0 Å². The zero-order valence-electron chi connectivity index (χ0n) is 17.2. The lowest BCUT2D eigenvalue weighted by Gasteiger charge is -2.26. The number of nitriles is 1. The van der Waals surface area contributed by atoms with Crippen LogP contribution in [0.25, 0.3) is 21.5 Å². The fourth-order valence-electron chi connectivity index (χ4n) is 3.68. The van der Waals surface area contributed by atoms with E-state index in [9.17, 15) is 10.1 Å². The van der Waals surface area contributed by atoms with E-state index in [-0.39, 0.29) is 5.97 Å². The first-order chi connectivity index (χ1) is 14.6. The summed E-state index contributed by atoms with van der Waals surface area (Å²) in [5, 5.41) is 11.3. The SMILES string of the molecule is CCOC(=O)c1sc(-c2ccc3c(c2)c(C#N)cn3CCN2CCOCC2)nc1C. The van der Waals surface area contributed by atoms with Gasteiger partial charge >= 0.3 is 5.97 Å². The first-order valence-corrected chi connectivity index (χ1v) is 10.9. The Hall–Kier alpha value is -2.73. The van der Waals surface area contributed by atoms with Crippen molar-refractivity contribution >= 4 is 28.2 Å². The van der Waals surface area contributed by atoms with Gasteiger partial charge in [0.1, 0.15) is 16.0 Å². The first-order valence-electron chi connectivity index (χ1n) is 10.1. The van der Waals surface area contributed by atoms with E-state index in [1.54, 1.807) is 6.92 Å². The second-order valence-electron chi connectivity index (χ2n) is 7.19. The van der Waals surface area contributed by atoms with Crippen molar-refractivity contribution in [3.63, 3.8) is 0 Å². The normalized spacial score (nSPS) is 14.7. The maximum absolute atomic E-state index is 12.1. The number of morpholine rings is 1. The van der Waals surface area contributed by atoms with Crippen LogP contribution < -0.4 is 0 Å². The van der Waals surface area contributed by atoms with Gasteiger partial charge in [0.15, 0.2) is 0 Å². The number of hydrogen-bond donors (Lipinski definition) is 0. The van der Waals surface area contributed by atoms with Gasteiger partial charge in [-0.1, -0.05) is 0 Å². The van der Waals surface area contributed by atoms with Crippen molar-refractivity contribution in [1.29, 1.82) is 5.26 Å². The minimum atomic E-state index is -0.341. The lowest BCUT2D eigenvalue weighted by atomic mass is 10.1. The van der Waals surface area contributed by atoms with E-state index < -0.39 is 0 Å². The average molecular weight is 425 g/mol. The molecule has 0 amide bonds. The van der Waals surface area contributed by atoms with Crippen LogP contribution in [0.2, 0.25) is 0 Å². The number of hydrogen-bond acceptors (Lipinski definition) is 7. The number of rotatable bonds is 6. The number of aromatic nitrogens is 2. The molecule has 0 saturated carbocycles. The molecule has 3 heterocycles. The summed E-state index contributed by atoms with van der Waals surface area (Å²) in [6.45, 7) is 9.13. The van der Waals surface area contributed by atoms with Crippen molar-refractivity contribution in [3.05, 3.63) is 40.5 Å². The van der Waals surface area contributed by atoms with Gasteiger partial charge < -0.3 is 14.0 Å². The van der Waals surface area contributed by atoms with Gasteiger partial charge in [0.05, 0.1) is 31.1 Å². The Morgan fingerprint density at radius 3 is 2.87 bits per heavy atom. The highest BCUT2D eigenvalue weighted by atomic mass is 32.1. The van der Waals surface area contributed by atoms with Gasteiger partial charge in [-0.05, 0) is 32.0 Å². The fourth-order valence-corrected chi connectivity index (χ4v) is 4.64. The minimum Gasteiger partial charge on any atom is -0.462 e. The zero-order chi connectivity index (χ0) is 21.1. The van der Waals surface area contributed by atoms with E-state index in [0.717, 1.165) is 60.9 Å². The summed E-state index contributed by atoms with van der Waals surface area (Å²) in [6.07, 6.45) is 1.92. The van der Waals surface area contributed by atoms with Crippen LogP contribution in [0.1, 0.15) is 27.9 Å². The van der Waals surface area contributed by atoms with Crippen LogP contribution in [0.3, 0.4) is 0 Å². The molecule has 156 valence electrons. The van der Waals surface area contributed by atoms with Crippen LogP contribution in [0.5, 0.6) is 0 Å². The van der Waals surface area contributed by atoms with Gasteiger partial charge in [0.25, 0.3) is 0 Å². The van der Waals surface area contributed by atoms with E-state index in [1.807, 2.05) is 31.3 Å². The number of thiazole rings is 1. The Labute approximate surface area is 179 Å². The monoisotopic (exact) mass is 424 g/mol. The molecule has 0 N–H and O–H groups in total. The van der Waals surface area contributed by atoms with Crippen LogP contribution in [0.4, 0.5) is 0 Å². The highest BCUT2D eigenvalue weighted by molar-refractivity contribution is 7.17. The molecule has 3 aromatic rings. The molecule has 0 bridgehead atoms. The number of nitrogens with zero attached hydrogens (tertiary/aromatic N) is 4. The second kappa shape index (κ2) is 8.96. The molecule has 8 heteroatoms. The third-order valence-corrected chi connectivity index (χ3v) is 6.45. The van der Waals surface area contributed by atoms with E-state index in [1.165, 1.54) is 11.3 Å². The first kappa shape index (κ1) is 20.5. The van der Waals surface area contributed by atoms with Crippen molar-refractivity contribution < 1.29 is 14.3 Å². The average Bonchev–Trinajstić information content (AvgIpc) is 3.33. The van der Waals surface area contributed by atoms with Gasteiger partial charge in [-0.15, -0.1) is 11.3 Å². The van der Waals surface area contributed by atoms with Gasteiger partial charge in [-0.25, -0.2) is 9.78 Å². The molecule has 2 aromatic heterocycles. The van der Waals surface area contributed by atoms with Crippen LogP contribution in [0, 0.1) is 18.3 Å². The second-order valence-corrected chi connectivity index (χ2v) is 8.19. The van der Waals surface area contributed by atoms with Crippen LogP contribution >= 0.6 is 11.3 Å². The summed E-state index contributed by atoms with van der Waals surface area (Å²) in [7, 11) is 0. The summed E-state index contributed by atoms with van der Waals surface area (Å²) >= 11 is 1.32. The molecule has 0 radical (unpaired) electrons. The standard InChI is InChI=1S/C22H24N4O3S/c1-3-29-22(27)20-15(2)24-21(30-20)16-4-5-19-18(12-16)17(13-23)14-26(19)7-6-25-8-10-28-11-9-25/h4-5,12,14H,3,6-11H2,1-2H3. The number of carbonyl (C=O) groups excluding carboxylic acids is 1. The molecule has 0 atom stereocenters. The Balaban J connectivity index is 1.62. The lowest BCUT2D eigenvalue weighted by molar-refractivity contribution is 0.0365. The van der Waals surface area contributed by atoms with Crippen molar-refractivity contribution in [3.8, 4) is 16.6 Å². The molecule has 1 fully saturated rings. The topological polar surface area (TPSA) is 80.4 Å². The number of aryl methyl sites for hydroxylation is 1. The quantitative estimate of drug-likeness (QED) is 0.564. The van der Waals surface area contributed by atoms with E-state index in [2.05, 4.69) is 20.5 Å². The summed E-state index contributed by atoms with van der Waals surface area (Å²) in [6, 6.07) is 8.34. The van der Waals surface area contributed by atoms with Gasteiger partial charge in [0, 0.05) is 48.8 Å². The largest absolute Gasteiger partial charge is 0.462 e. The predicted octanol–water partition coefficient (Wildman–Crippen LogP) is 3.45. The van der Waals surface area contributed by atoms with E-state index in [4.69, 9.17) is 9.47 Å². The molecule has 1 aliphatic heterocycles. The molecule has 4 rings (SSSR count). The lowest BCUT2D eigenvalue weighted by Crippen LogP contribution is -2.38. The highest BCUT2D eigenvalue weighted by Gasteiger charge is 2.18. The molecule has 1 aliphatic rings. The Morgan fingerprint density at radius 2 is 2.13 bits per heavy atom. The molecule has 0 aliphatic carbocycles. The molecule has 1 aromatic carbocycles. The number of ether oxygens (including phenoxy) is 2. The molecule has 7 nitrogen and oxygen atoms in total. The van der Waals surface area contributed by atoms with Crippen molar-refractivity contribution in [2.75, 3.05) is 39.5 Å². The fraction of sp³-hybridized carbons (Fsp3) is 0.409. The minimum absolute atomic E-state index is 0.334. The van der Waals surface area contributed by atoms with Crippen LogP contribution in [-0.4, -0.2) is 59.9 Å². The van der Waals surface area contributed by atoms with Crippen LogP contribution in [0.15, 0.2) is 24.4 Å². The molecule has 0 unspecified atom stereocenters. The number of carbonyl (C=O) groups is 1. The molecule has 0 spiro atoms. The Kier molecular flexibility index (Phi) is 6.13. The Morgan fingerprint density at radius 1 is 1.33 bits per heavy atom. The highest BCUT2D eigenvalue weighted by Crippen LogP contribution is 2.32. The molecule has 1 saturated heterocycles. The van der Waals surface area contributed by atoms with Crippen molar-refractivity contribution in [2.45, 2.75) is 20.4 Å². The van der Waals surface area contributed by atoms with Gasteiger partial charge in [-0.3, -0.25) is 4.90 Å².